The number of halogens is 4. The number of alkyl halides is 3. The molecule has 1 aromatic heterocycles. The summed E-state index contributed by atoms with van der Waals surface area (Å²) in [6.07, 6.45) is -3.21. The summed E-state index contributed by atoms with van der Waals surface area (Å²) in [5.41, 5.74) is 1.77. The van der Waals surface area contributed by atoms with Gasteiger partial charge in [-0.15, -0.1) is 0 Å². The number of carbonyl (C=O) groups is 1. The van der Waals surface area contributed by atoms with E-state index in [1.54, 1.807) is 24.3 Å². The van der Waals surface area contributed by atoms with Gasteiger partial charge in [-0.05, 0) is 48.5 Å². The Kier molecular flexibility index (Phi) is 6.23. The van der Waals surface area contributed by atoms with Crippen molar-refractivity contribution in [2.24, 2.45) is 5.10 Å². The second-order valence-corrected chi connectivity index (χ2v) is 6.25. The Morgan fingerprint density at radius 2 is 1.90 bits per heavy atom. The van der Waals surface area contributed by atoms with Crippen LogP contribution >= 0.6 is 11.6 Å². The maximum atomic E-state index is 12.8. The van der Waals surface area contributed by atoms with Crippen LogP contribution in [0.4, 0.5) is 13.2 Å². The quantitative estimate of drug-likeness (QED) is 0.441. The third-order valence-electron chi connectivity index (χ3n) is 3.67. The van der Waals surface area contributed by atoms with Crippen molar-refractivity contribution in [2.75, 3.05) is 6.61 Å². The van der Waals surface area contributed by atoms with Crippen molar-refractivity contribution in [3.8, 4) is 17.1 Å². The van der Waals surface area contributed by atoms with Crippen LogP contribution in [0.1, 0.15) is 11.3 Å². The smallest absolute Gasteiger partial charge is 0.416 e. The Hall–Kier alpha value is -3.26. The minimum Gasteiger partial charge on any atom is -0.484 e. The number of hydrogen-bond acceptors (Lipinski definition) is 4. The number of hydrazone groups is 1. The van der Waals surface area contributed by atoms with E-state index in [0.717, 1.165) is 12.1 Å². The molecule has 0 saturated heterocycles. The molecule has 9 heteroatoms. The molecular weight excluding hydrogens is 409 g/mol. The molecule has 0 aliphatic heterocycles. The summed E-state index contributed by atoms with van der Waals surface area (Å²) in [6, 6.07) is 14.3. The number of carbonyl (C=O) groups excluding carboxylic acids is 1. The molecule has 0 unspecified atom stereocenters. The number of rotatable bonds is 6. The second kappa shape index (κ2) is 8.83. The van der Waals surface area contributed by atoms with Crippen molar-refractivity contribution >= 4 is 23.7 Å². The van der Waals surface area contributed by atoms with Gasteiger partial charge < -0.3 is 9.15 Å². The molecular formula is C20H14ClF3N2O3. The zero-order valence-electron chi connectivity index (χ0n) is 14.7. The van der Waals surface area contributed by atoms with Gasteiger partial charge in [-0.3, -0.25) is 4.79 Å². The zero-order valence-corrected chi connectivity index (χ0v) is 15.5. The maximum absolute atomic E-state index is 12.8. The molecule has 3 rings (SSSR count). The van der Waals surface area contributed by atoms with Gasteiger partial charge in [-0.1, -0.05) is 23.7 Å². The lowest BCUT2D eigenvalue weighted by molar-refractivity contribution is -0.137. The largest absolute Gasteiger partial charge is 0.484 e. The summed E-state index contributed by atoms with van der Waals surface area (Å²) in [5, 5.41) is 4.28. The van der Waals surface area contributed by atoms with Crippen molar-refractivity contribution in [1.82, 2.24) is 5.43 Å². The Bertz CT molecular complexity index is 1010. The van der Waals surface area contributed by atoms with Crippen LogP contribution in [0.25, 0.3) is 11.3 Å². The number of nitrogens with zero attached hydrogens (tertiary/aromatic N) is 1. The van der Waals surface area contributed by atoms with E-state index < -0.39 is 17.6 Å². The lowest BCUT2D eigenvalue weighted by Crippen LogP contribution is -2.24. The van der Waals surface area contributed by atoms with Crippen LogP contribution in [0.2, 0.25) is 5.02 Å². The van der Waals surface area contributed by atoms with Crippen LogP contribution in [0.5, 0.6) is 5.75 Å². The molecule has 2 aromatic carbocycles. The molecule has 0 spiro atoms. The molecule has 3 aromatic rings. The summed E-state index contributed by atoms with van der Waals surface area (Å²) in [5.74, 6) is 0.484. The standard InChI is InChI=1S/C20H14ClF3N2O3/c21-15-4-6-16(7-5-15)28-12-19(27)26-25-11-17-8-9-18(29-17)13-2-1-3-14(10-13)20(22,23)24/h1-11H,12H2,(H,26,27). The van der Waals surface area contributed by atoms with Crippen LogP contribution in [-0.2, 0) is 11.0 Å². The first-order valence-electron chi connectivity index (χ1n) is 8.29. The van der Waals surface area contributed by atoms with E-state index >= 15 is 0 Å². The minimum absolute atomic E-state index is 0.245. The average molecular weight is 423 g/mol. The monoisotopic (exact) mass is 422 g/mol. The van der Waals surface area contributed by atoms with Crippen molar-refractivity contribution < 1.29 is 27.1 Å². The highest BCUT2D eigenvalue weighted by atomic mass is 35.5. The van der Waals surface area contributed by atoms with Gasteiger partial charge in [0.2, 0.25) is 0 Å². The molecule has 5 nitrogen and oxygen atoms in total. The van der Waals surface area contributed by atoms with Gasteiger partial charge in [0.25, 0.3) is 5.91 Å². The lowest BCUT2D eigenvalue weighted by atomic mass is 10.1. The summed E-state index contributed by atoms with van der Waals surface area (Å²) in [4.78, 5) is 11.7. The third-order valence-corrected chi connectivity index (χ3v) is 3.92. The molecule has 29 heavy (non-hydrogen) atoms. The van der Waals surface area contributed by atoms with Gasteiger partial charge in [0.05, 0.1) is 11.8 Å². The van der Waals surface area contributed by atoms with Crippen LogP contribution in [0.3, 0.4) is 0 Å². The normalized spacial score (nSPS) is 11.6. The Morgan fingerprint density at radius 1 is 1.14 bits per heavy atom. The van der Waals surface area contributed by atoms with Crippen molar-refractivity contribution in [2.45, 2.75) is 6.18 Å². The predicted octanol–water partition coefficient (Wildman–Crippen LogP) is 5.15. The molecule has 1 heterocycles. The number of furan rings is 1. The SMILES string of the molecule is O=C(COc1ccc(Cl)cc1)NN=Cc1ccc(-c2cccc(C(F)(F)F)c2)o1. The number of ether oxygens (including phenoxy) is 1. The van der Waals surface area contributed by atoms with E-state index in [-0.39, 0.29) is 23.7 Å². The van der Waals surface area contributed by atoms with Gasteiger partial charge in [0.15, 0.2) is 6.61 Å². The third kappa shape index (κ3) is 5.86. The summed E-state index contributed by atoms with van der Waals surface area (Å²) in [6.45, 7) is -0.257. The molecule has 1 amide bonds. The molecule has 0 aliphatic rings. The van der Waals surface area contributed by atoms with Gasteiger partial charge >= 0.3 is 6.18 Å². The van der Waals surface area contributed by atoms with E-state index in [2.05, 4.69) is 10.5 Å². The van der Waals surface area contributed by atoms with Gasteiger partial charge in [0, 0.05) is 10.6 Å². The first-order chi connectivity index (χ1) is 13.8. The van der Waals surface area contributed by atoms with Crippen molar-refractivity contribution in [3.63, 3.8) is 0 Å². The highest BCUT2D eigenvalue weighted by Crippen LogP contribution is 2.32. The summed E-state index contributed by atoms with van der Waals surface area (Å²) in [7, 11) is 0. The van der Waals surface area contributed by atoms with Gasteiger partial charge in [-0.2, -0.15) is 18.3 Å². The van der Waals surface area contributed by atoms with E-state index in [1.165, 1.54) is 30.5 Å². The summed E-state index contributed by atoms with van der Waals surface area (Å²) >= 11 is 5.76. The number of benzene rings is 2. The van der Waals surface area contributed by atoms with Crippen LogP contribution in [0.15, 0.2) is 70.2 Å². The molecule has 0 aliphatic carbocycles. The average Bonchev–Trinajstić information content (AvgIpc) is 3.16. The van der Waals surface area contributed by atoms with Gasteiger partial charge in [0.1, 0.15) is 17.3 Å². The number of amides is 1. The molecule has 0 fully saturated rings. The van der Waals surface area contributed by atoms with E-state index in [9.17, 15) is 18.0 Å². The fourth-order valence-corrected chi connectivity index (χ4v) is 2.43. The minimum atomic E-state index is -4.44. The topological polar surface area (TPSA) is 63.8 Å². The highest BCUT2D eigenvalue weighted by molar-refractivity contribution is 6.30. The fraction of sp³-hybridized carbons (Fsp3) is 0.100. The first kappa shape index (κ1) is 20.5. The van der Waals surface area contributed by atoms with Crippen LogP contribution in [0, 0.1) is 0 Å². The molecule has 0 atom stereocenters. The summed E-state index contributed by atoms with van der Waals surface area (Å²) < 4.78 is 49.1. The van der Waals surface area contributed by atoms with Crippen LogP contribution < -0.4 is 10.2 Å². The van der Waals surface area contributed by atoms with E-state index in [1.807, 2.05) is 0 Å². The fourth-order valence-electron chi connectivity index (χ4n) is 2.31. The molecule has 1 N–H and O–H groups in total. The van der Waals surface area contributed by atoms with Crippen molar-refractivity contribution in [1.29, 1.82) is 0 Å². The second-order valence-electron chi connectivity index (χ2n) is 5.82. The molecule has 0 radical (unpaired) electrons. The molecule has 0 bridgehead atoms. The van der Waals surface area contributed by atoms with E-state index in [4.69, 9.17) is 20.8 Å². The first-order valence-corrected chi connectivity index (χ1v) is 8.67. The maximum Gasteiger partial charge on any atom is 0.416 e. The van der Waals surface area contributed by atoms with Crippen LogP contribution in [-0.4, -0.2) is 18.7 Å². The van der Waals surface area contributed by atoms with E-state index in [0.29, 0.717) is 10.8 Å². The molecule has 0 saturated carbocycles. The van der Waals surface area contributed by atoms with Crippen molar-refractivity contribution in [3.05, 3.63) is 77.0 Å². The number of nitrogens with one attached hydrogen (secondary N) is 1. The number of hydrogen-bond donors (Lipinski definition) is 1. The lowest BCUT2D eigenvalue weighted by Gasteiger charge is -2.07. The molecule has 150 valence electrons. The van der Waals surface area contributed by atoms with Gasteiger partial charge in [-0.25, -0.2) is 5.43 Å². The Labute approximate surface area is 168 Å². The zero-order chi connectivity index (χ0) is 20.9. The Morgan fingerprint density at radius 3 is 2.62 bits per heavy atom. The Balaban J connectivity index is 1.55. The predicted molar refractivity (Wildman–Crippen MR) is 102 cm³/mol. The highest BCUT2D eigenvalue weighted by Gasteiger charge is 2.30.